The highest BCUT2D eigenvalue weighted by molar-refractivity contribution is 5.87. The number of hydrogen-bond acceptors (Lipinski definition) is 6. The molecule has 0 bridgehead atoms. The lowest BCUT2D eigenvalue weighted by Gasteiger charge is -2.28. The van der Waals surface area contributed by atoms with E-state index in [9.17, 15) is 13.2 Å². The standard InChI is InChI=1S/C27H26F4N6O/c1-14-15(2)34-26-24(33-14)23(20-6-5-19(10-21(20)28)27(29,30)31)35-25(36-26)17-7-8-38-22(9-17)18-11-32-37(13-18)12-16-3-4-16/h5-6,10-11,13,16-17,22H,3-4,7-9,12H2,1-2H3/t17?,22-/m1/s1. The van der Waals surface area contributed by atoms with Crippen LogP contribution in [0.3, 0.4) is 0 Å². The van der Waals surface area contributed by atoms with Gasteiger partial charge in [-0.2, -0.15) is 18.3 Å². The van der Waals surface area contributed by atoms with E-state index in [-0.39, 0.29) is 34.4 Å². The third-order valence-electron chi connectivity index (χ3n) is 7.33. The highest BCUT2D eigenvalue weighted by Gasteiger charge is 2.33. The van der Waals surface area contributed by atoms with E-state index in [4.69, 9.17) is 9.72 Å². The third kappa shape index (κ3) is 4.87. The van der Waals surface area contributed by atoms with Crippen molar-refractivity contribution in [3.63, 3.8) is 0 Å². The molecule has 0 radical (unpaired) electrons. The van der Waals surface area contributed by atoms with Crippen molar-refractivity contribution in [3.8, 4) is 11.3 Å². The van der Waals surface area contributed by atoms with Gasteiger partial charge in [0.2, 0.25) is 0 Å². The second-order valence-corrected chi connectivity index (χ2v) is 10.2. The first-order valence-electron chi connectivity index (χ1n) is 12.7. The van der Waals surface area contributed by atoms with Crippen LogP contribution in [0.2, 0.25) is 0 Å². The fourth-order valence-electron chi connectivity index (χ4n) is 4.86. The summed E-state index contributed by atoms with van der Waals surface area (Å²) in [4.78, 5) is 18.5. The van der Waals surface area contributed by atoms with Crippen LogP contribution in [0.25, 0.3) is 22.4 Å². The van der Waals surface area contributed by atoms with Crippen LogP contribution in [0.4, 0.5) is 17.6 Å². The molecule has 1 aromatic carbocycles. The van der Waals surface area contributed by atoms with Crippen molar-refractivity contribution >= 4 is 11.2 Å². The maximum absolute atomic E-state index is 15.1. The zero-order valence-corrected chi connectivity index (χ0v) is 21.0. The predicted molar refractivity (Wildman–Crippen MR) is 131 cm³/mol. The van der Waals surface area contributed by atoms with Gasteiger partial charge in [0.1, 0.15) is 22.9 Å². The number of hydrogen-bond donors (Lipinski definition) is 0. The van der Waals surface area contributed by atoms with Gasteiger partial charge >= 0.3 is 6.18 Å². The minimum atomic E-state index is -4.66. The summed E-state index contributed by atoms with van der Waals surface area (Å²) < 4.78 is 62.6. The number of benzene rings is 1. The number of halogens is 4. The fourth-order valence-corrected chi connectivity index (χ4v) is 4.86. The number of ether oxygens (including phenoxy) is 1. The van der Waals surface area contributed by atoms with Gasteiger partial charge in [-0.15, -0.1) is 0 Å². The highest BCUT2D eigenvalue weighted by Crippen LogP contribution is 2.39. The normalized spacial score (nSPS) is 20.3. The number of nitrogens with zero attached hydrogens (tertiary/aromatic N) is 6. The monoisotopic (exact) mass is 526 g/mol. The van der Waals surface area contributed by atoms with Crippen LogP contribution in [0.15, 0.2) is 30.6 Å². The van der Waals surface area contributed by atoms with Crippen molar-refractivity contribution in [1.82, 2.24) is 29.7 Å². The number of aromatic nitrogens is 6. The summed E-state index contributed by atoms with van der Waals surface area (Å²) in [6.07, 6.45) is 2.71. The topological polar surface area (TPSA) is 78.6 Å². The maximum atomic E-state index is 15.1. The number of alkyl halides is 3. The Labute approximate surface area is 216 Å². The van der Waals surface area contributed by atoms with E-state index in [1.165, 1.54) is 12.8 Å². The Morgan fingerprint density at radius 3 is 2.55 bits per heavy atom. The van der Waals surface area contributed by atoms with E-state index in [2.05, 4.69) is 20.1 Å². The summed E-state index contributed by atoms with van der Waals surface area (Å²) in [7, 11) is 0. The summed E-state index contributed by atoms with van der Waals surface area (Å²) in [6.45, 7) is 4.94. The lowest BCUT2D eigenvalue weighted by molar-refractivity contribution is -0.137. The molecule has 1 saturated heterocycles. The Morgan fingerprint density at radius 2 is 1.82 bits per heavy atom. The van der Waals surface area contributed by atoms with Gasteiger partial charge in [0.15, 0.2) is 5.65 Å². The molecule has 1 aliphatic heterocycles. The number of rotatable bonds is 5. The Balaban J connectivity index is 1.38. The van der Waals surface area contributed by atoms with Gasteiger partial charge in [-0.05, 0) is 63.6 Å². The summed E-state index contributed by atoms with van der Waals surface area (Å²) >= 11 is 0. The molecule has 198 valence electrons. The molecular formula is C27H26F4N6O. The van der Waals surface area contributed by atoms with Crippen LogP contribution >= 0.6 is 0 Å². The van der Waals surface area contributed by atoms with E-state index < -0.39 is 17.6 Å². The lowest BCUT2D eigenvalue weighted by atomic mass is 9.92. The Kier molecular flexibility index (Phi) is 6.13. The molecule has 0 spiro atoms. The number of fused-ring (bicyclic) bond motifs is 1. The van der Waals surface area contributed by atoms with Crippen molar-refractivity contribution in [2.45, 2.75) is 64.3 Å². The molecule has 1 saturated carbocycles. The van der Waals surface area contributed by atoms with Gasteiger partial charge in [0.05, 0.1) is 29.3 Å². The summed E-state index contributed by atoms with van der Waals surface area (Å²) in [5.41, 5.74) is 1.78. The molecule has 7 nitrogen and oxygen atoms in total. The highest BCUT2D eigenvalue weighted by atomic mass is 19.4. The van der Waals surface area contributed by atoms with E-state index in [1.54, 1.807) is 13.8 Å². The van der Waals surface area contributed by atoms with Crippen molar-refractivity contribution < 1.29 is 22.3 Å². The van der Waals surface area contributed by atoms with E-state index in [0.717, 1.165) is 24.2 Å². The first-order valence-corrected chi connectivity index (χ1v) is 12.7. The van der Waals surface area contributed by atoms with Crippen LogP contribution in [0.1, 0.15) is 66.0 Å². The molecule has 0 amide bonds. The molecule has 2 atom stereocenters. The zero-order valence-electron chi connectivity index (χ0n) is 21.0. The van der Waals surface area contributed by atoms with Crippen molar-refractivity contribution in [2.24, 2.45) is 5.92 Å². The first-order chi connectivity index (χ1) is 18.2. The lowest BCUT2D eigenvalue weighted by Crippen LogP contribution is -2.20. The Morgan fingerprint density at radius 1 is 1.03 bits per heavy atom. The van der Waals surface area contributed by atoms with Crippen LogP contribution < -0.4 is 0 Å². The second-order valence-electron chi connectivity index (χ2n) is 10.2. The fraction of sp³-hybridized carbons (Fsp3) is 0.444. The average Bonchev–Trinajstić information content (AvgIpc) is 3.57. The Bertz CT molecular complexity index is 1510. The van der Waals surface area contributed by atoms with Gasteiger partial charge in [0.25, 0.3) is 0 Å². The summed E-state index contributed by atoms with van der Waals surface area (Å²) in [5.74, 6) is -0.00246. The van der Waals surface area contributed by atoms with Crippen LogP contribution in [0, 0.1) is 25.6 Å². The van der Waals surface area contributed by atoms with Gasteiger partial charge in [-0.1, -0.05) is 0 Å². The molecule has 0 N–H and O–H groups in total. The van der Waals surface area contributed by atoms with E-state index in [1.807, 2.05) is 17.1 Å². The molecule has 1 unspecified atom stereocenters. The molecule has 6 rings (SSSR count). The largest absolute Gasteiger partial charge is 0.416 e. The zero-order chi connectivity index (χ0) is 26.6. The molecule has 3 aromatic heterocycles. The summed E-state index contributed by atoms with van der Waals surface area (Å²) in [6, 6.07) is 2.44. The Hall–Kier alpha value is -3.47. The first kappa shape index (κ1) is 24.8. The molecular weight excluding hydrogens is 500 g/mol. The van der Waals surface area contributed by atoms with Crippen LogP contribution in [0.5, 0.6) is 0 Å². The summed E-state index contributed by atoms with van der Waals surface area (Å²) in [5, 5.41) is 4.48. The molecule has 2 fully saturated rings. The quantitative estimate of drug-likeness (QED) is 0.292. The van der Waals surface area contributed by atoms with Crippen molar-refractivity contribution in [2.75, 3.05) is 6.61 Å². The molecule has 4 aromatic rings. The third-order valence-corrected chi connectivity index (χ3v) is 7.33. The van der Waals surface area contributed by atoms with Gasteiger partial charge in [-0.25, -0.2) is 24.3 Å². The van der Waals surface area contributed by atoms with Crippen LogP contribution in [-0.2, 0) is 17.5 Å². The van der Waals surface area contributed by atoms with Gasteiger partial charge < -0.3 is 4.74 Å². The van der Waals surface area contributed by atoms with Crippen LogP contribution in [-0.4, -0.2) is 36.3 Å². The maximum Gasteiger partial charge on any atom is 0.416 e. The van der Waals surface area contributed by atoms with Crippen molar-refractivity contribution in [1.29, 1.82) is 0 Å². The second kappa shape index (κ2) is 9.37. The van der Waals surface area contributed by atoms with Crippen molar-refractivity contribution in [3.05, 3.63) is 64.7 Å². The van der Waals surface area contributed by atoms with Gasteiger partial charge in [-0.3, -0.25) is 4.68 Å². The molecule has 38 heavy (non-hydrogen) atoms. The minimum absolute atomic E-state index is 0.0748. The predicted octanol–water partition coefficient (Wildman–Crippen LogP) is 6.10. The molecule has 1 aliphatic carbocycles. The average molecular weight is 527 g/mol. The van der Waals surface area contributed by atoms with Gasteiger partial charge in [0, 0.05) is 36.4 Å². The molecule has 2 aliphatic rings. The minimum Gasteiger partial charge on any atom is -0.373 e. The molecule has 11 heteroatoms. The molecule has 4 heterocycles. The number of aryl methyl sites for hydroxylation is 2. The SMILES string of the molecule is Cc1nc2nc(C3CCO[C@@H](c4cnn(CC5CC5)c4)C3)nc(-c3ccc(C(F)(F)F)cc3F)c2nc1C. The smallest absolute Gasteiger partial charge is 0.373 e. The van der Waals surface area contributed by atoms with E-state index >= 15 is 4.39 Å². The van der Waals surface area contributed by atoms with E-state index in [0.29, 0.717) is 48.6 Å².